The van der Waals surface area contributed by atoms with Gasteiger partial charge in [0.15, 0.2) is 18.1 Å². The zero-order chi connectivity index (χ0) is 30.0. The summed E-state index contributed by atoms with van der Waals surface area (Å²) in [6.45, 7) is -0.0601. The summed E-state index contributed by atoms with van der Waals surface area (Å²) in [6, 6.07) is 7.76. The van der Waals surface area contributed by atoms with Crippen LogP contribution in [0.4, 0.5) is 18.0 Å². The highest BCUT2D eigenvalue weighted by molar-refractivity contribution is 6.31. The van der Waals surface area contributed by atoms with Gasteiger partial charge in [-0.25, -0.2) is 18.0 Å². The molecule has 0 N–H and O–H groups in total. The van der Waals surface area contributed by atoms with Crippen molar-refractivity contribution >= 4 is 17.7 Å². The SMILES string of the molecule is COC(=O)N(C)C[C@H](c1ccc(-c2c(-n3cnnn3)ccc(Cl)c2F)c[n+]1[O-])n1cc(-c2ccnc(C(F)F)c2)cn1. The number of nitrogens with zero attached hydrogens (tertiary/aromatic N) is 9. The summed E-state index contributed by atoms with van der Waals surface area (Å²) in [4.78, 5) is 17.1. The number of alkyl halides is 2. The molecule has 0 aliphatic heterocycles. The molecule has 0 aliphatic carbocycles. The number of tetrazole rings is 1. The van der Waals surface area contributed by atoms with E-state index in [0.717, 1.165) is 6.20 Å². The molecule has 4 aromatic heterocycles. The number of hydrogen-bond acceptors (Lipinski definition) is 8. The number of likely N-dealkylation sites (N-methyl/N-ethyl adjacent to an activating group) is 1. The predicted molar refractivity (Wildman–Crippen MR) is 142 cm³/mol. The molecule has 1 atom stereocenters. The van der Waals surface area contributed by atoms with Gasteiger partial charge in [-0.2, -0.15) is 14.5 Å². The normalized spacial score (nSPS) is 12.0. The summed E-state index contributed by atoms with van der Waals surface area (Å²) in [6.07, 6.45) is 3.27. The van der Waals surface area contributed by atoms with Gasteiger partial charge in [0.05, 0.1) is 41.7 Å². The Hall–Kier alpha value is -5.05. The fourth-order valence-electron chi connectivity index (χ4n) is 4.38. The maximum Gasteiger partial charge on any atom is 0.409 e. The van der Waals surface area contributed by atoms with Gasteiger partial charge in [-0.1, -0.05) is 11.6 Å². The lowest BCUT2D eigenvalue weighted by molar-refractivity contribution is -0.615. The average Bonchev–Trinajstić information content (AvgIpc) is 3.70. The van der Waals surface area contributed by atoms with Crippen LogP contribution >= 0.6 is 11.6 Å². The maximum absolute atomic E-state index is 15.3. The van der Waals surface area contributed by atoms with Crippen molar-refractivity contribution in [2.45, 2.75) is 12.5 Å². The van der Waals surface area contributed by atoms with E-state index in [9.17, 15) is 18.8 Å². The fourth-order valence-corrected chi connectivity index (χ4v) is 4.54. The number of benzene rings is 1. The average molecular weight is 600 g/mol. The Morgan fingerprint density at radius 3 is 2.69 bits per heavy atom. The van der Waals surface area contributed by atoms with Gasteiger partial charge in [-0.05, 0) is 46.3 Å². The van der Waals surface area contributed by atoms with Crippen LogP contribution in [0.2, 0.25) is 5.02 Å². The third-order valence-electron chi connectivity index (χ3n) is 6.44. The first kappa shape index (κ1) is 28.5. The Morgan fingerprint density at radius 1 is 1.19 bits per heavy atom. The summed E-state index contributed by atoms with van der Waals surface area (Å²) in [7, 11) is 2.69. The van der Waals surface area contributed by atoms with E-state index >= 15 is 4.39 Å². The number of halogens is 4. The van der Waals surface area contributed by atoms with Crippen LogP contribution in [-0.2, 0) is 4.74 Å². The minimum atomic E-state index is -2.76. The van der Waals surface area contributed by atoms with E-state index < -0.39 is 30.1 Å². The van der Waals surface area contributed by atoms with Crippen molar-refractivity contribution in [2.75, 3.05) is 20.7 Å². The monoisotopic (exact) mass is 599 g/mol. The first-order valence-corrected chi connectivity index (χ1v) is 12.6. The number of pyridine rings is 2. The molecule has 0 spiro atoms. The highest BCUT2D eigenvalue weighted by Crippen LogP contribution is 2.33. The summed E-state index contributed by atoms with van der Waals surface area (Å²) < 4.78 is 49.7. The lowest BCUT2D eigenvalue weighted by Crippen LogP contribution is -2.41. The molecule has 0 saturated heterocycles. The minimum Gasteiger partial charge on any atom is -0.618 e. The molecule has 0 saturated carbocycles. The van der Waals surface area contributed by atoms with Crippen molar-refractivity contribution in [1.82, 2.24) is 39.9 Å². The molecule has 1 aromatic carbocycles. The molecule has 216 valence electrons. The van der Waals surface area contributed by atoms with E-state index in [1.165, 1.54) is 77.5 Å². The van der Waals surface area contributed by atoms with Crippen molar-refractivity contribution in [3.05, 3.63) is 94.9 Å². The third kappa shape index (κ3) is 5.58. The quantitative estimate of drug-likeness (QED) is 0.191. The van der Waals surface area contributed by atoms with Gasteiger partial charge in [0.2, 0.25) is 5.69 Å². The highest BCUT2D eigenvalue weighted by Gasteiger charge is 2.28. The Balaban J connectivity index is 1.57. The lowest BCUT2D eigenvalue weighted by atomic mass is 10.0. The van der Waals surface area contributed by atoms with Crippen molar-refractivity contribution in [1.29, 1.82) is 0 Å². The molecular formula is C26H21ClF3N9O3. The van der Waals surface area contributed by atoms with Crippen LogP contribution in [0.5, 0.6) is 0 Å². The molecule has 0 radical (unpaired) electrons. The number of hydrogen-bond donors (Lipinski definition) is 0. The molecule has 12 nitrogen and oxygen atoms in total. The number of methoxy groups -OCH3 is 1. The van der Waals surface area contributed by atoms with E-state index in [2.05, 4.69) is 25.6 Å². The summed E-state index contributed by atoms with van der Waals surface area (Å²) in [5.74, 6) is -0.781. The van der Waals surface area contributed by atoms with Crippen LogP contribution in [0.25, 0.3) is 27.9 Å². The second-order valence-corrected chi connectivity index (χ2v) is 9.43. The molecule has 42 heavy (non-hydrogen) atoms. The van der Waals surface area contributed by atoms with E-state index in [4.69, 9.17) is 16.3 Å². The molecule has 16 heteroatoms. The first-order valence-electron chi connectivity index (χ1n) is 12.2. The van der Waals surface area contributed by atoms with Crippen LogP contribution < -0.4 is 4.73 Å². The zero-order valence-electron chi connectivity index (χ0n) is 22.0. The summed E-state index contributed by atoms with van der Waals surface area (Å²) >= 11 is 6.05. The molecule has 0 bridgehead atoms. The smallest absolute Gasteiger partial charge is 0.409 e. The topological polar surface area (TPSA) is 131 Å². The lowest BCUT2D eigenvalue weighted by Gasteiger charge is -2.23. The van der Waals surface area contributed by atoms with Crippen molar-refractivity contribution in [3.8, 4) is 27.9 Å². The summed E-state index contributed by atoms with van der Waals surface area (Å²) in [5, 5.41) is 28.6. The number of ether oxygens (including phenoxy) is 1. The third-order valence-corrected chi connectivity index (χ3v) is 6.73. The molecule has 0 fully saturated rings. The minimum absolute atomic E-state index is 0.0110. The highest BCUT2D eigenvalue weighted by atomic mass is 35.5. The van der Waals surface area contributed by atoms with Crippen LogP contribution in [0.1, 0.15) is 23.9 Å². The number of rotatable bonds is 8. The molecule has 0 aliphatic rings. The fraction of sp³-hybridized carbons (Fsp3) is 0.192. The predicted octanol–water partition coefficient (Wildman–Crippen LogP) is 4.24. The molecule has 1 amide bonds. The molecule has 5 rings (SSSR count). The van der Waals surface area contributed by atoms with Crippen molar-refractivity contribution in [3.63, 3.8) is 0 Å². The van der Waals surface area contributed by atoms with E-state index in [1.807, 2.05) is 0 Å². The van der Waals surface area contributed by atoms with Gasteiger partial charge in [0.1, 0.15) is 12.0 Å². The van der Waals surface area contributed by atoms with E-state index in [1.54, 1.807) is 12.3 Å². The molecule has 0 unspecified atom stereocenters. The Kier molecular flexibility index (Phi) is 8.01. The van der Waals surface area contributed by atoms with Crippen LogP contribution in [0.3, 0.4) is 0 Å². The number of carbonyl (C=O) groups is 1. The summed E-state index contributed by atoms with van der Waals surface area (Å²) in [5.41, 5.74) is 1.06. The number of carbonyl (C=O) groups excluding carboxylic acids is 1. The van der Waals surface area contributed by atoms with Gasteiger partial charge in [-0.3, -0.25) is 9.67 Å². The number of amides is 1. The van der Waals surface area contributed by atoms with Crippen molar-refractivity contribution < 1.29 is 27.4 Å². The van der Waals surface area contributed by atoms with Gasteiger partial charge >= 0.3 is 6.09 Å². The van der Waals surface area contributed by atoms with Crippen LogP contribution in [0, 0.1) is 11.0 Å². The van der Waals surface area contributed by atoms with Crippen molar-refractivity contribution in [2.24, 2.45) is 0 Å². The molecule has 4 heterocycles. The van der Waals surface area contributed by atoms with Gasteiger partial charge in [0, 0.05) is 31.1 Å². The van der Waals surface area contributed by atoms with Gasteiger partial charge in [-0.15, -0.1) is 5.10 Å². The van der Waals surface area contributed by atoms with Crippen LogP contribution in [0.15, 0.2) is 67.5 Å². The van der Waals surface area contributed by atoms with Crippen LogP contribution in [-0.4, -0.2) is 66.7 Å². The standard InChI is InChI=1S/C26H21ClF3N9O3/c1-36(26(40)42-2)13-22(37-11-17(10-33-37)15-7-8-31-19(9-15)25(29)30)20-5-3-16(12-39(20)41)23-21(38-14-32-34-35-38)6-4-18(27)24(23)28/h3-12,14,22,25H,13H2,1-2H3/t22-/m1/s1. The second-order valence-electron chi connectivity index (χ2n) is 9.02. The zero-order valence-corrected chi connectivity index (χ0v) is 22.7. The molecule has 5 aromatic rings. The first-order chi connectivity index (χ1) is 20.2. The second kappa shape index (κ2) is 11.8. The largest absolute Gasteiger partial charge is 0.618 e. The Labute approximate surface area is 241 Å². The Morgan fingerprint density at radius 2 is 2.00 bits per heavy atom. The van der Waals surface area contributed by atoms with Gasteiger partial charge < -0.3 is 14.8 Å². The number of aromatic nitrogens is 8. The van der Waals surface area contributed by atoms with E-state index in [-0.39, 0.29) is 34.1 Å². The van der Waals surface area contributed by atoms with E-state index in [0.29, 0.717) is 15.9 Å². The maximum atomic E-state index is 15.3. The Bertz CT molecular complexity index is 1730. The molecular weight excluding hydrogens is 579 g/mol. The van der Waals surface area contributed by atoms with Gasteiger partial charge in [0.25, 0.3) is 6.43 Å².